The van der Waals surface area contributed by atoms with Crippen molar-refractivity contribution < 1.29 is 19.3 Å². The van der Waals surface area contributed by atoms with Crippen LogP contribution in [-0.4, -0.2) is 38.5 Å². The van der Waals surface area contributed by atoms with Gasteiger partial charge in [0, 0.05) is 23.7 Å². The van der Waals surface area contributed by atoms with Gasteiger partial charge in [0.15, 0.2) is 11.5 Å². The van der Waals surface area contributed by atoms with Crippen LogP contribution in [0.3, 0.4) is 0 Å². The van der Waals surface area contributed by atoms with Crippen LogP contribution in [0.15, 0.2) is 12.1 Å². The Morgan fingerprint density at radius 3 is 1.95 bits per heavy atom. The number of β-amino-alcohol motifs (C(OH)–C–C–N with tert-alkyl or cyclic N) is 1. The molecule has 2 N–H and O–H groups in total. The van der Waals surface area contributed by atoms with Gasteiger partial charge in [0.2, 0.25) is 0 Å². The molecule has 1 rings (SSSR count). The number of hydrogen-bond acceptors (Lipinski definition) is 5. The molecule has 0 saturated carbocycles. The highest BCUT2D eigenvalue weighted by molar-refractivity contribution is 5.51. The third kappa shape index (κ3) is 4.28. The van der Waals surface area contributed by atoms with Crippen LogP contribution < -0.4 is 19.5 Å². The average Bonchev–Trinajstić information content (AvgIpc) is 2.42. The molecule has 0 radical (unpaired) electrons. The molecule has 0 fully saturated rings. The second-order valence-corrected chi connectivity index (χ2v) is 5.60. The van der Waals surface area contributed by atoms with E-state index in [1.807, 2.05) is 20.8 Å². The fourth-order valence-corrected chi connectivity index (χ4v) is 1.83. The lowest BCUT2D eigenvalue weighted by Crippen LogP contribution is -2.38. The first-order valence-corrected chi connectivity index (χ1v) is 6.55. The van der Waals surface area contributed by atoms with E-state index in [-0.39, 0.29) is 5.54 Å². The molecule has 5 heteroatoms. The summed E-state index contributed by atoms with van der Waals surface area (Å²) < 4.78 is 15.8. The van der Waals surface area contributed by atoms with Gasteiger partial charge in [-0.15, -0.1) is 0 Å². The first kappa shape index (κ1) is 16.6. The summed E-state index contributed by atoms with van der Waals surface area (Å²) in [7, 11) is 4.69. The lowest BCUT2D eigenvalue weighted by molar-refractivity contribution is 0.159. The highest BCUT2D eigenvalue weighted by Crippen LogP contribution is 2.37. The highest BCUT2D eigenvalue weighted by atomic mass is 16.5. The second kappa shape index (κ2) is 6.81. The van der Waals surface area contributed by atoms with E-state index in [0.29, 0.717) is 29.4 Å². The molecule has 0 saturated heterocycles. The fraction of sp³-hybridized carbons (Fsp3) is 0.600. The Hall–Kier alpha value is -1.46. The van der Waals surface area contributed by atoms with Crippen LogP contribution >= 0.6 is 0 Å². The largest absolute Gasteiger partial charge is 0.496 e. The van der Waals surface area contributed by atoms with Gasteiger partial charge in [0.05, 0.1) is 27.4 Å². The third-order valence-corrected chi connectivity index (χ3v) is 2.92. The quantitative estimate of drug-likeness (QED) is 0.837. The van der Waals surface area contributed by atoms with Crippen LogP contribution in [0.1, 0.15) is 32.4 Å². The minimum absolute atomic E-state index is 0.0647. The van der Waals surface area contributed by atoms with Crippen molar-refractivity contribution in [3.63, 3.8) is 0 Å². The maximum absolute atomic E-state index is 10.3. The van der Waals surface area contributed by atoms with Crippen molar-refractivity contribution in [2.24, 2.45) is 0 Å². The third-order valence-electron chi connectivity index (χ3n) is 2.92. The first-order chi connectivity index (χ1) is 9.32. The van der Waals surface area contributed by atoms with Crippen molar-refractivity contribution in [1.29, 1.82) is 0 Å². The number of nitrogens with one attached hydrogen (secondary N) is 1. The molecule has 0 aliphatic carbocycles. The molecule has 0 heterocycles. The molecule has 0 spiro atoms. The summed E-state index contributed by atoms with van der Waals surface area (Å²) in [5.74, 6) is 1.72. The summed E-state index contributed by atoms with van der Waals surface area (Å²) in [5, 5.41) is 13.6. The predicted molar refractivity (Wildman–Crippen MR) is 78.8 cm³/mol. The van der Waals surface area contributed by atoms with Gasteiger partial charge >= 0.3 is 0 Å². The van der Waals surface area contributed by atoms with Gasteiger partial charge in [0.1, 0.15) is 5.75 Å². The molecule has 0 aromatic heterocycles. The molecular formula is C15H25NO4. The summed E-state index contributed by atoms with van der Waals surface area (Å²) in [5.41, 5.74) is 0.604. The molecule has 1 aromatic carbocycles. The van der Waals surface area contributed by atoms with Crippen LogP contribution in [0.2, 0.25) is 0 Å². The fourth-order valence-electron chi connectivity index (χ4n) is 1.83. The minimum Gasteiger partial charge on any atom is -0.496 e. The highest BCUT2D eigenvalue weighted by Gasteiger charge is 2.20. The SMILES string of the molecule is COc1cc(OC)c(C(O)CNC(C)(C)C)cc1OC. The maximum Gasteiger partial charge on any atom is 0.164 e. The molecular weight excluding hydrogens is 258 g/mol. The molecule has 0 aliphatic heterocycles. The number of benzene rings is 1. The summed E-state index contributed by atoms with van der Waals surface area (Å²) in [4.78, 5) is 0. The average molecular weight is 283 g/mol. The van der Waals surface area contributed by atoms with Crippen molar-refractivity contribution in [3.8, 4) is 17.2 Å². The molecule has 5 nitrogen and oxygen atoms in total. The standard InChI is InChI=1S/C15H25NO4/c1-15(2,3)16-9-11(17)10-7-13(19-5)14(20-6)8-12(10)18-4/h7-8,11,16-17H,9H2,1-6H3. The van der Waals surface area contributed by atoms with E-state index >= 15 is 0 Å². The van der Waals surface area contributed by atoms with E-state index in [2.05, 4.69) is 5.32 Å². The van der Waals surface area contributed by atoms with Crippen LogP contribution in [0.4, 0.5) is 0 Å². The topological polar surface area (TPSA) is 60.0 Å². The molecule has 0 aliphatic rings. The number of ether oxygens (including phenoxy) is 3. The Morgan fingerprint density at radius 1 is 1.00 bits per heavy atom. The molecule has 0 amide bonds. The number of aliphatic hydroxyl groups excluding tert-OH is 1. The van der Waals surface area contributed by atoms with Gasteiger partial charge in [-0.3, -0.25) is 0 Å². The van der Waals surface area contributed by atoms with E-state index < -0.39 is 6.10 Å². The lowest BCUT2D eigenvalue weighted by atomic mass is 10.0. The van der Waals surface area contributed by atoms with Crippen LogP contribution in [0.5, 0.6) is 17.2 Å². The smallest absolute Gasteiger partial charge is 0.164 e. The van der Waals surface area contributed by atoms with Gasteiger partial charge in [0.25, 0.3) is 0 Å². The van der Waals surface area contributed by atoms with E-state index in [1.54, 1.807) is 33.5 Å². The predicted octanol–water partition coefficient (Wildman–Crippen LogP) is 2.13. The zero-order valence-corrected chi connectivity index (χ0v) is 13.1. The maximum atomic E-state index is 10.3. The second-order valence-electron chi connectivity index (χ2n) is 5.60. The van der Waals surface area contributed by atoms with Crippen LogP contribution in [0, 0.1) is 0 Å². The van der Waals surface area contributed by atoms with Crippen molar-refractivity contribution in [1.82, 2.24) is 5.32 Å². The zero-order valence-electron chi connectivity index (χ0n) is 13.1. The van der Waals surface area contributed by atoms with Crippen LogP contribution in [-0.2, 0) is 0 Å². The van der Waals surface area contributed by atoms with Crippen molar-refractivity contribution in [2.45, 2.75) is 32.4 Å². The monoisotopic (exact) mass is 283 g/mol. The number of aliphatic hydroxyl groups is 1. The normalized spacial score (nSPS) is 12.9. The molecule has 1 atom stereocenters. The summed E-state index contributed by atoms with van der Waals surface area (Å²) >= 11 is 0. The van der Waals surface area contributed by atoms with Crippen molar-refractivity contribution >= 4 is 0 Å². The van der Waals surface area contributed by atoms with Gasteiger partial charge in [-0.25, -0.2) is 0 Å². The Bertz CT molecular complexity index is 440. The molecule has 0 bridgehead atoms. The first-order valence-electron chi connectivity index (χ1n) is 6.55. The van der Waals surface area contributed by atoms with E-state index in [9.17, 15) is 5.11 Å². The number of rotatable bonds is 6. The molecule has 20 heavy (non-hydrogen) atoms. The van der Waals surface area contributed by atoms with Gasteiger partial charge < -0.3 is 24.6 Å². The van der Waals surface area contributed by atoms with Crippen LogP contribution in [0.25, 0.3) is 0 Å². The number of methoxy groups -OCH3 is 3. The molecule has 1 aromatic rings. The Morgan fingerprint density at radius 2 is 1.50 bits per heavy atom. The Balaban J connectivity index is 3.03. The van der Waals surface area contributed by atoms with E-state index in [1.165, 1.54) is 0 Å². The number of hydrogen-bond donors (Lipinski definition) is 2. The van der Waals surface area contributed by atoms with Gasteiger partial charge in [-0.1, -0.05) is 0 Å². The van der Waals surface area contributed by atoms with E-state index in [0.717, 1.165) is 0 Å². The Kier molecular flexibility index (Phi) is 5.65. The minimum atomic E-state index is -0.691. The molecule has 114 valence electrons. The van der Waals surface area contributed by atoms with Gasteiger partial charge in [-0.2, -0.15) is 0 Å². The van der Waals surface area contributed by atoms with Gasteiger partial charge in [-0.05, 0) is 26.8 Å². The van der Waals surface area contributed by atoms with Crippen molar-refractivity contribution in [2.75, 3.05) is 27.9 Å². The zero-order chi connectivity index (χ0) is 15.3. The van der Waals surface area contributed by atoms with Crippen molar-refractivity contribution in [3.05, 3.63) is 17.7 Å². The van der Waals surface area contributed by atoms with E-state index in [4.69, 9.17) is 14.2 Å². The Labute approximate surface area is 120 Å². The summed E-state index contributed by atoms with van der Waals surface area (Å²) in [6.07, 6.45) is -0.691. The lowest BCUT2D eigenvalue weighted by Gasteiger charge is -2.24. The summed E-state index contributed by atoms with van der Waals surface area (Å²) in [6, 6.07) is 3.46. The summed E-state index contributed by atoms with van der Waals surface area (Å²) in [6.45, 7) is 6.57. The molecule has 1 unspecified atom stereocenters.